The van der Waals surface area contributed by atoms with Crippen molar-refractivity contribution in [3.05, 3.63) is 112 Å². The summed E-state index contributed by atoms with van der Waals surface area (Å²) in [4.78, 5) is 33.3. The SMILES string of the molecule is COc1ccc(Br)cc1/C=c1\sc2n(c1=O)C(c1cccs1)C(C(=O)Nc1ccccc1)=C(C)N=2. The third-order valence-electron chi connectivity index (χ3n) is 5.59. The van der Waals surface area contributed by atoms with E-state index in [0.717, 1.165) is 14.9 Å². The van der Waals surface area contributed by atoms with Gasteiger partial charge < -0.3 is 10.1 Å². The molecule has 1 unspecified atom stereocenters. The predicted octanol–water partition coefficient (Wildman–Crippen LogP) is 4.71. The number of para-hydroxylation sites is 1. The Hall–Kier alpha value is -3.27. The summed E-state index contributed by atoms with van der Waals surface area (Å²) in [7, 11) is 1.60. The minimum Gasteiger partial charge on any atom is -0.496 e. The minimum atomic E-state index is -0.568. The maximum atomic E-state index is 13.7. The normalized spacial score (nSPS) is 15.5. The highest BCUT2D eigenvalue weighted by molar-refractivity contribution is 9.10. The van der Waals surface area contributed by atoms with E-state index in [9.17, 15) is 9.59 Å². The molecule has 9 heteroatoms. The molecule has 2 aromatic heterocycles. The van der Waals surface area contributed by atoms with Gasteiger partial charge in [0.25, 0.3) is 11.5 Å². The summed E-state index contributed by atoms with van der Waals surface area (Å²) < 4.78 is 8.49. The minimum absolute atomic E-state index is 0.202. The zero-order valence-electron chi connectivity index (χ0n) is 18.8. The van der Waals surface area contributed by atoms with Crippen LogP contribution in [0.2, 0.25) is 0 Å². The van der Waals surface area contributed by atoms with E-state index in [4.69, 9.17) is 4.74 Å². The highest BCUT2D eigenvalue weighted by atomic mass is 79.9. The number of methoxy groups -OCH3 is 1. The Morgan fingerprint density at radius 1 is 1.17 bits per heavy atom. The Morgan fingerprint density at radius 2 is 1.97 bits per heavy atom. The molecule has 0 saturated carbocycles. The Morgan fingerprint density at radius 3 is 2.69 bits per heavy atom. The smallest absolute Gasteiger partial charge is 0.271 e. The average molecular weight is 567 g/mol. The van der Waals surface area contributed by atoms with E-state index < -0.39 is 6.04 Å². The van der Waals surface area contributed by atoms with Crippen LogP contribution in [0.3, 0.4) is 0 Å². The molecule has 4 aromatic rings. The van der Waals surface area contributed by atoms with Crippen LogP contribution in [-0.2, 0) is 4.79 Å². The number of hydrogen-bond acceptors (Lipinski definition) is 6. The molecule has 176 valence electrons. The van der Waals surface area contributed by atoms with E-state index in [0.29, 0.717) is 32.0 Å². The van der Waals surface area contributed by atoms with Crippen LogP contribution in [-0.4, -0.2) is 17.6 Å². The third-order valence-corrected chi connectivity index (χ3v) is 7.99. The van der Waals surface area contributed by atoms with Gasteiger partial charge in [-0.3, -0.25) is 14.2 Å². The first kappa shape index (κ1) is 23.5. The Labute approximate surface area is 217 Å². The van der Waals surface area contributed by atoms with Crippen LogP contribution < -0.4 is 24.9 Å². The van der Waals surface area contributed by atoms with Gasteiger partial charge in [-0.15, -0.1) is 11.3 Å². The van der Waals surface area contributed by atoms with Crippen LogP contribution in [0.15, 0.2) is 91.6 Å². The molecule has 6 nitrogen and oxygen atoms in total. The predicted molar refractivity (Wildman–Crippen MR) is 144 cm³/mol. The Kier molecular flexibility index (Phi) is 6.55. The summed E-state index contributed by atoms with van der Waals surface area (Å²) in [6.07, 6.45) is 1.81. The summed E-state index contributed by atoms with van der Waals surface area (Å²) in [6.45, 7) is 1.81. The molecule has 35 heavy (non-hydrogen) atoms. The van der Waals surface area contributed by atoms with Crippen LogP contribution in [0.4, 0.5) is 5.69 Å². The Bertz CT molecular complexity index is 1620. The number of halogens is 1. The van der Waals surface area contributed by atoms with Crippen molar-refractivity contribution in [2.45, 2.75) is 13.0 Å². The molecule has 0 bridgehead atoms. The molecule has 1 N–H and O–H groups in total. The van der Waals surface area contributed by atoms with Crippen molar-refractivity contribution in [3.8, 4) is 5.75 Å². The molecule has 1 amide bonds. The first-order valence-corrected chi connectivity index (χ1v) is 13.2. The number of nitrogens with zero attached hydrogens (tertiary/aromatic N) is 2. The number of carbonyl (C=O) groups excluding carboxylic acids is 1. The highest BCUT2D eigenvalue weighted by Crippen LogP contribution is 2.33. The molecule has 5 rings (SSSR count). The fourth-order valence-corrected chi connectivity index (χ4v) is 6.25. The number of carbonyl (C=O) groups is 1. The first-order chi connectivity index (χ1) is 17.0. The lowest BCUT2D eigenvalue weighted by Gasteiger charge is -2.24. The van der Waals surface area contributed by atoms with E-state index in [-0.39, 0.29) is 11.5 Å². The van der Waals surface area contributed by atoms with Gasteiger partial charge >= 0.3 is 0 Å². The van der Waals surface area contributed by atoms with Crippen LogP contribution in [0.5, 0.6) is 5.75 Å². The lowest BCUT2D eigenvalue weighted by Crippen LogP contribution is -2.40. The van der Waals surface area contributed by atoms with Crippen molar-refractivity contribution in [1.82, 2.24) is 4.57 Å². The lowest BCUT2D eigenvalue weighted by atomic mass is 10.0. The summed E-state index contributed by atoms with van der Waals surface area (Å²) in [5.41, 5.74) is 2.30. The van der Waals surface area contributed by atoms with Gasteiger partial charge in [0.2, 0.25) is 0 Å². The van der Waals surface area contributed by atoms with Crippen LogP contribution in [0.1, 0.15) is 23.4 Å². The van der Waals surface area contributed by atoms with E-state index in [1.54, 1.807) is 11.7 Å². The molecular formula is C26H20BrN3O3S2. The molecule has 0 aliphatic carbocycles. The number of ether oxygens (including phenoxy) is 1. The summed E-state index contributed by atoms with van der Waals surface area (Å²) in [6, 6.07) is 18.2. The average Bonchev–Trinajstić information content (AvgIpc) is 3.48. The zero-order chi connectivity index (χ0) is 24.5. The Balaban J connectivity index is 1.67. The fraction of sp³-hybridized carbons (Fsp3) is 0.115. The van der Waals surface area contributed by atoms with Crippen molar-refractivity contribution in [3.63, 3.8) is 0 Å². The third kappa shape index (κ3) is 4.54. The van der Waals surface area contributed by atoms with Gasteiger partial charge in [0.1, 0.15) is 11.8 Å². The lowest BCUT2D eigenvalue weighted by molar-refractivity contribution is -0.113. The first-order valence-electron chi connectivity index (χ1n) is 10.7. The maximum Gasteiger partial charge on any atom is 0.271 e. The number of aromatic nitrogens is 1. The molecule has 0 fully saturated rings. The summed E-state index contributed by atoms with van der Waals surface area (Å²) in [5.74, 6) is 0.381. The number of anilines is 1. The number of fused-ring (bicyclic) bond motifs is 1. The van der Waals surface area contributed by atoms with E-state index in [2.05, 4.69) is 26.2 Å². The standard InChI is InChI=1S/C26H20BrN3O3S2/c1-15-22(24(31)29-18-7-4-3-5-8-18)23(20-9-6-12-34-20)30-25(32)21(35-26(30)28-15)14-16-13-17(27)10-11-19(16)33-2/h3-14,23H,1-2H3,(H,29,31)/b21-14-. The second kappa shape index (κ2) is 9.77. The molecule has 0 radical (unpaired) electrons. The molecule has 3 heterocycles. The van der Waals surface area contributed by atoms with Crippen molar-refractivity contribution < 1.29 is 9.53 Å². The molecule has 1 aliphatic heterocycles. The molecule has 1 atom stereocenters. The molecule has 0 saturated heterocycles. The van der Waals surface area contributed by atoms with Crippen LogP contribution >= 0.6 is 38.6 Å². The van der Waals surface area contributed by atoms with Crippen molar-refractivity contribution in [1.29, 1.82) is 0 Å². The van der Waals surface area contributed by atoms with E-state index >= 15 is 0 Å². The number of thiophene rings is 1. The van der Waals surface area contributed by atoms with Gasteiger partial charge in [0, 0.05) is 20.6 Å². The number of amides is 1. The van der Waals surface area contributed by atoms with Crippen molar-refractivity contribution in [2.24, 2.45) is 4.99 Å². The largest absolute Gasteiger partial charge is 0.496 e. The number of hydrogen-bond donors (Lipinski definition) is 1. The number of thiazole rings is 1. The number of rotatable bonds is 5. The van der Waals surface area contributed by atoms with E-state index in [1.165, 1.54) is 22.7 Å². The molecule has 0 spiro atoms. The summed E-state index contributed by atoms with van der Waals surface area (Å²) in [5, 5.41) is 4.90. The second-order valence-corrected chi connectivity index (χ2v) is 10.7. The molecular weight excluding hydrogens is 546 g/mol. The highest BCUT2D eigenvalue weighted by Gasteiger charge is 2.33. The molecule has 2 aromatic carbocycles. The summed E-state index contributed by atoms with van der Waals surface area (Å²) >= 11 is 6.29. The van der Waals surface area contributed by atoms with Crippen LogP contribution in [0, 0.1) is 0 Å². The van der Waals surface area contributed by atoms with E-state index in [1.807, 2.05) is 79.0 Å². The fourth-order valence-electron chi connectivity index (χ4n) is 4.01. The van der Waals surface area contributed by atoms with Crippen molar-refractivity contribution in [2.75, 3.05) is 12.4 Å². The zero-order valence-corrected chi connectivity index (χ0v) is 22.0. The van der Waals surface area contributed by atoms with Gasteiger partial charge in [-0.05, 0) is 54.8 Å². The number of benzene rings is 2. The van der Waals surface area contributed by atoms with Gasteiger partial charge in [-0.2, -0.15) is 0 Å². The van der Waals surface area contributed by atoms with Gasteiger partial charge in [0.05, 0.1) is 22.9 Å². The van der Waals surface area contributed by atoms with Gasteiger partial charge in [0.15, 0.2) is 4.80 Å². The number of allylic oxidation sites excluding steroid dienone is 1. The quantitative estimate of drug-likeness (QED) is 0.381. The number of nitrogens with one attached hydrogen (secondary N) is 1. The topological polar surface area (TPSA) is 72.7 Å². The van der Waals surface area contributed by atoms with Gasteiger partial charge in [-0.1, -0.05) is 51.5 Å². The second-order valence-electron chi connectivity index (χ2n) is 7.80. The molecule has 1 aliphatic rings. The van der Waals surface area contributed by atoms with Crippen LogP contribution in [0.25, 0.3) is 6.08 Å². The monoisotopic (exact) mass is 565 g/mol. The van der Waals surface area contributed by atoms with Crippen molar-refractivity contribution >= 4 is 56.3 Å². The van der Waals surface area contributed by atoms with Gasteiger partial charge in [-0.25, -0.2) is 4.99 Å². The maximum absolute atomic E-state index is 13.7.